The lowest BCUT2D eigenvalue weighted by molar-refractivity contribution is -0.131. The molecule has 7 heteroatoms. The fourth-order valence-electron chi connectivity index (χ4n) is 3.56. The third-order valence-corrected chi connectivity index (χ3v) is 4.71. The van der Waals surface area contributed by atoms with Gasteiger partial charge in [0.15, 0.2) is 5.69 Å². The van der Waals surface area contributed by atoms with Crippen molar-refractivity contribution in [1.82, 2.24) is 19.9 Å². The van der Waals surface area contributed by atoms with Gasteiger partial charge in [0, 0.05) is 19.0 Å². The van der Waals surface area contributed by atoms with Crippen molar-refractivity contribution in [2.24, 2.45) is 0 Å². The quantitative estimate of drug-likeness (QED) is 0.913. The predicted molar refractivity (Wildman–Crippen MR) is 78.6 cm³/mol. The van der Waals surface area contributed by atoms with Gasteiger partial charge in [-0.25, -0.2) is 9.48 Å². The highest BCUT2D eigenvalue weighted by Gasteiger charge is 2.29. The van der Waals surface area contributed by atoms with Crippen molar-refractivity contribution < 1.29 is 14.7 Å². The van der Waals surface area contributed by atoms with E-state index < -0.39 is 5.97 Å². The zero-order valence-electron chi connectivity index (χ0n) is 12.7. The average molecular weight is 306 g/mol. The molecule has 2 fully saturated rings. The van der Waals surface area contributed by atoms with Crippen molar-refractivity contribution in [3.63, 3.8) is 0 Å². The monoisotopic (exact) mass is 306 g/mol. The van der Waals surface area contributed by atoms with Crippen LogP contribution in [0.2, 0.25) is 0 Å². The zero-order chi connectivity index (χ0) is 15.5. The van der Waals surface area contributed by atoms with Gasteiger partial charge in [0.2, 0.25) is 5.91 Å². The van der Waals surface area contributed by atoms with Gasteiger partial charge in [0.05, 0.1) is 5.69 Å². The fraction of sp³-hybridized carbons (Fsp3) is 0.733. The first-order chi connectivity index (χ1) is 10.7. The van der Waals surface area contributed by atoms with Gasteiger partial charge in [0.1, 0.15) is 6.54 Å². The number of amides is 1. The molecule has 1 amide bonds. The van der Waals surface area contributed by atoms with E-state index in [1.807, 2.05) is 4.90 Å². The van der Waals surface area contributed by atoms with Crippen LogP contribution in [0.5, 0.6) is 0 Å². The van der Waals surface area contributed by atoms with E-state index >= 15 is 0 Å². The van der Waals surface area contributed by atoms with Crippen LogP contribution >= 0.6 is 0 Å². The highest BCUT2D eigenvalue weighted by Crippen LogP contribution is 2.33. The molecular formula is C15H22N4O3. The number of hydrogen-bond donors (Lipinski definition) is 1. The molecule has 0 atom stereocenters. The van der Waals surface area contributed by atoms with Crippen LogP contribution < -0.4 is 0 Å². The second-order valence-electron chi connectivity index (χ2n) is 6.21. The lowest BCUT2D eigenvalue weighted by atomic mass is 9.86. The molecule has 1 aliphatic heterocycles. The summed E-state index contributed by atoms with van der Waals surface area (Å²) in [5.74, 6) is -0.891. The predicted octanol–water partition coefficient (Wildman–Crippen LogP) is 1.65. The van der Waals surface area contributed by atoms with E-state index in [2.05, 4.69) is 10.3 Å². The standard InChI is InChI=1S/C15H22N4O3/c20-12(18-8-4-5-9-18)10-19-14(11-6-2-1-3-7-11)13(15(21)22)16-17-19/h11H,1-10H2,(H,21,22). The summed E-state index contributed by atoms with van der Waals surface area (Å²) in [5.41, 5.74) is 0.654. The first-order valence-electron chi connectivity index (χ1n) is 8.11. The van der Waals surface area contributed by atoms with Gasteiger partial charge in [-0.15, -0.1) is 5.10 Å². The molecule has 0 unspecified atom stereocenters. The van der Waals surface area contributed by atoms with Crippen LogP contribution in [0.25, 0.3) is 0 Å². The normalized spacial score (nSPS) is 19.5. The van der Waals surface area contributed by atoms with Crippen LogP contribution in [-0.4, -0.2) is 50.0 Å². The number of carbonyl (C=O) groups is 2. The number of aromatic nitrogens is 3. The minimum atomic E-state index is -1.06. The van der Waals surface area contributed by atoms with Crippen molar-refractivity contribution in [2.75, 3.05) is 13.1 Å². The number of carbonyl (C=O) groups excluding carboxylic acids is 1. The molecule has 22 heavy (non-hydrogen) atoms. The smallest absolute Gasteiger partial charge is 0.358 e. The SMILES string of the molecule is O=C(O)c1nnn(CC(=O)N2CCCC2)c1C1CCCCC1. The summed E-state index contributed by atoms with van der Waals surface area (Å²) >= 11 is 0. The van der Waals surface area contributed by atoms with E-state index in [0.717, 1.165) is 51.6 Å². The molecule has 0 spiro atoms. The Bertz CT molecular complexity index is 557. The number of aromatic carboxylic acids is 1. The molecule has 0 bridgehead atoms. The largest absolute Gasteiger partial charge is 0.476 e. The molecule has 7 nitrogen and oxygen atoms in total. The number of carboxylic acid groups (broad SMARTS) is 1. The lowest BCUT2D eigenvalue weighted by Gasteiger charge is -2.23. The molecule has 120 valence electrons. The summed E-state index contributed by atoms with van der Waals surface area (Å²) in [6, 6.07) is 0. The summed E-state index contributed by atoms with van der Waals surface area (Å²) < 4.78 is 1.53. The van der Waals surface area contributed by atoms with E-state index in [1.165, 1.54) is 11.1 Å². The second kappa shape index (κ2) is 6.46. The highest BCUT2D eigenvalue weighted by atomic mass is 16.4. The molecule has 1 aromatic rings. The van der Waals surface area contributed by atoms with E-state index in [0.29, 0.717) is 5.69 Å². The van der Waals surface area contributed by atoms with E-state index in [-0.39, 0.29) is 24.1 Å². The lowest BCUT2D eigenvalue weighted by Crippen LogP contribution is -2.32. The van der Waals surface area contributed by atoms with Crippen LogP contribution in [0.15, 0.2) is 0 Å². The second-order valence-corrected chi connectivity index (χ2v) is 6.21. The van der Waals surface area contributed by atoms with Gasteiger partial charge in [-0.1, -0.05) is 24.5 Å². The first kappa shape index (κ1) is 15.0. The summed E-state index contributed by atoms with van der Waals surface area (Å²) in [5, 5.41) is 17.1. The maximum absolute atomic E-state index is 12.3. The zero-order valence-corrected chi connectivity index (χ0v) is 12.7. The van der Waals surface area contributed by atoms with E-state index in [9.17, 15) is 14.7 Å². The molecule has 0 aromatic carbocycles. The minimum Gasteiger partial charge on any atom is -0.476 e. The van der Waals surface area contributed by atoms with Crippen molar-refractivity contribution in [3.8, 4) is 0 Å². The molecule has 3 rings (SSSR count). The molecule has 1 aliphatic carbocycles. The van der Waals surface area contributed by atoms with Crippen LogP contribution in [0.4, 0.5) is 0 Å². The van der Waals surface area contributed by atoms with Gasteiger partial charge in [0.25, 0.3) is 0 Å². The van der Waals surface area contributed by atoms with E-state index in [4.69, 9.17) is 0 Å². The fourth-order valence-corrected chi connectivity index (χ4v) is 3.56. The van der Waals surface area contributed by atoms with Gasteiger partial charge in [-0.05, 0) is 25.7 Å². The summed E-state index contributed by atoms with van der Waals surface area (Å²) in [4.78, 5) is 25.6. The number of hydrogen-bond acceptors (Lipinski definition) is 4. The van der Waals surface area contributed by atoms with Crippen molar-refractivity contribution >= 4 is 11.9 Å². The Labute approximate surface area is 129 Å². The van der Waals surface area contributed by atoms with Gasteiger partial charge in [-0.3, -0.25) is 4.79 Å². The van der Waals surface area contributed by atoms with Crippen molar-refractivity contribution in [3.05, 3.63) is 11.4 Å². The summed E-state index contributed by atoms with van der Waals surface area (Å²) in [6.07, 6.45) is 7.35. The van der Waals surface area contributed by atoms with Gasteiger partial charge < -0.3 is 10.0 Å². The van der Waals surface area contributed by atoms with Crippen molar-refractivity contribution in [1.29, 1.82) is 0 Å². The van der Waals surface area contributed by atoms with E-state index in [1.54, 1.807) is 0 Å². The third kappa shape index (κ3) is 2.98. The molecule has 2 heterocycles. The number of likely N-dealkylation sites (tertiary alicyclic amines) is 1. The summed E-state index contributed by atoms with van der Waals surface area (Å²) in [7, 11) is 0. The molecular weight excluding hydrogens is 284 g/mol. The topological polar surface area (TPSA) is 88.3 Å². The Morgan fingerprint density at radius 1 is 1.09 bits per heavy atom. The molecule has 1 saturated heterocycles. The first-order valence-corrected chi connectivity index (χ1v) is 8.11. The molecule has 1 saturated carbocycles. The molecule has 1 aromatic heterocycles. The maximum atomic E-state index is 12.3. The average Bonchev–Trinajstić information content (AvgIpc) is 3.17. The highest BCUT2D eigenvalue weighted by molar-refractivity contribution is 5.87. The Kier molecular flexibility index (Phi) is 4.40. The Balaban J connectivity index is 1.83. The molecule has 0 radical (unpaired) electrons. The molecule has 2 aliphatic rings. The van der Waals surface area contributed by atoms with Crippen LogP contribution in [0.1, 0.15) is 67.0 Å². The Morgan fingerprint density at radius 2 is 1.77 bits per heavy atom. The number of carboxylic acids is 1. The van der Waals surface area contributed by atoms with Gasteiger partial charge in [-0.2, -0.15) is 0 Å². The third-order valence-electron chi connectivity index (χ3n) is 4.71. The molecule has 1 N–H and O–H groups in total. The number of nitrogens with zero attached hydrogens (tertiary/aromatic N) is 4. The van der Waals surface area contributed by atoms with Crippen molar-refractivity contribution in [2.45, 2.75) is 57.4 Å². The maximum Gasteiger partial charge on any atom is 0.358 e. The Hall–Kier alpha value is -1.92. The van der Waals surface area contributed by atoms with Crippen LogP contribution in [-0.2, 0) is 11.3 Å². The van der Waals surface area contributed by atoms with Crippen LogP contribution in [0.3, 0.4) is 0 Å². The van der Waals surface area contributed by atoms with Crippen LogP contribution in [0, 0.1) is 0 Å². The summed E-state index contributed by atoms with van der Waals surface area (Å²) in [6.45, 7) is 1.68. The minimum absolute atomic E-state index is 0.0106. The Morgan fingerprint density at radius 3 is 2.41 bits per heavy atom. The number of rotatable bonds is 4. The van der Waals surface area contributed by atoms with Gasteiger partial charge >= 0.3 is 5.97 Å².